The Morgan fingerprint density at radius 3 is 2.33 bits per heavy atom. The van der Waals surface area contributed by atoms with Crippen LogP contribution in [0.2, 0.25) is 0 Å². The summed E-state index contributed by atoms with van der Waals surface area (Å²) in [6.07, 6.45) is -1.47. The molecule has 49 heavy (non-hydrogen) atoms. The highest BCUT2D eigenvalue weighted by Crippen LogP contribution is 2.62. The van der Waals surface area contributed by atoms with Crippen molar-refractivity contribution in [2.24, 2.45) is 0 Å². The predicted molar refractivity (Wildman–Crippen MR) is 173 cm³/mol. The number of nitrogens with one attached hydrogen (secondary N) is 2. The number of ether oxygens (including phenoxy) is 5. The third kappa shape index (κ3) is 5.26. The van der Waals surface area contributed by atoms with Gasteiger partial charge in [-0.25, -0.2) is 9.78 Å². The van der Waals surface area contributed by atoms with E-state index in [4.69, 9.17) is 19.2 Å². The van der Waals surface area contributed by atoms with Crippen LogP contribution in [-0.2, 0) is 9.47 Å². The lowest BCUT2D eigenvalue weighted by Gasteiger charge is -2.69. The van der Waals surface area contributed by atoms with E-state index in [2.05, 4.69) is 25.0 Å². The first-order chi connectivity index (χ1) is 23.1. The number of halogens is 2. The van der Waals surface area contributed by atoms with E-state index >= 15 is 0 Å². The first-order valence-electron chi connectivity index (χ1n) is 16.0. The van der Waals surface area contributed by atoms with Crippen LogP contribution in [0.5, 0.6) is 17.2 Å². The minimum atomic E-state index is -3.93. The van der Waals surface area contributed by atoms with Crippen LogP contribution < -0.4 is 29.7 Å². The number of amides is 3. The van der Waals surface area contributed by atoms with Crippen LogP contribution in [0.3, 0.4) is 0 Å². The summed E-state index contributed by atoms with van der Waals surface area (Å²) < 4.78 is 54.6. The summed E-state index contributed by atoms with van der Waals surface area (Å²) >= 11 is 1.31. The second-order valence-corrected chi connectivity index (χ2v) is 15.4. The first kappa shape index (κ1) is 31.8. The van der Waals surface area contributed by atoms with Crippen molar-refractivity contribution in [3.8, 4) is 17.2 Å². The van der Waals surface area contributed by atoms with Crippen molar-refractivity contribution in [2.75, 3.05) is 37.5 Å². The topological polar surface area (TPSA) is 141 Å². The number of hydrogen-bond acceptors (Lipinski definition) is 11. The molecule has 3 amide bonds. The van der Waals surface area contributed by atoms with E-state index in [-0.39, 0.29) is 57.8 Å². The number of alkyl halides is 2. The van der Waals surface area contributed by atoms with Gasteiger partial charge in [0.15, 0.2) is 16.6 Å². The Kier molecular flexibility index (Phi) is 6.84. The summed E-state index contributed by atoms with van der Waals surface area (Å²) in [6.45, 7) is 6.47. The number of fused-ring (bicyclic) bond motifs is 4. The number of carbonyl (C=O) groups excluding carboxylic acids is 3. The molecule has 260 valence electrons. The summed E-state index contributed by atoms with van der Waals surface area (Å²) in [7, 11) is 3.07. The van der Waals surface area contributed by atoms with Gasteiger partial charge in [0.05, 0.1) is 46.3 Å². The zero-order chi connectivity index (χ0) is 34.7. The van der Waals surface area contributed by atoms with E-state index in [0.717, 1.165) is 18.6 Å². The average Bonchev–Trinajstić information content (AvgIpc) is 3.54. The second-order valence-electron chi connectivity index (χ2n) is 14.4. The highest BCUT2D eigenvalue weighted by Gasteiger charge is 2.69. The van der Waals surface area contributed by atoms with E-state index in [1.165, 1.54) is 18.4 Å². The number of piperazine rings is 1. The van der Waals surface area contributed by atoms with Gasteiger partial charge in [0.2, 0.25) is 0 Å². The van der Waals surface area contributed by atoms with Crippen LogP contribution in [0.1, 0.15) is 67.2 Å². The lowest BCUT2D eigenvalue weighted by atomic mass is 9.46. The lowest BCUT2D eigenvalue weighted by Crippen LogP contribution is -2.79. The molecule has 9 rings (SSSR count). The van der Waals surface area contributed by atoms with Crippen molar-refractivity contribution >= 4 is 50.3 Å². The third-order valence-corrected chi connectivity index (χ3v) is 11.0. The number of anilines is 2. The molecule has 2 aromatic carbocycles. The monoisotopic (exact) mass is 699 g/mol. The summed E-state index contributed by atoms with van der Waals surface area (Å²) in [5, 5.41) is 6.44. The lowest BCUT2D eigenvalue weighted by molar-refractivity contribution is -0.286. The first-order valence-corrected chi connectivity index (χ1v) is 16.8. The Bertz CT molecular complexity index is 1900. The molecule has 6 aliphatic rings. The van der Waals surface area contributed by atoms with E-state index in [1.54, 1.807) is 24.1 Å². The minimum absolute atomic E-state index is 0.0404. The smallest absolute Gasteiger partial charge is 0.496 e. The van der Waals surface area contributed by atoms with Crippen molar-refractivity contribution in [3.63, 3.8) is 0 Å². The van der Waals surface area contributed by atoms with Gasteiger partial charge in [-0.05, 0) is 64.7 Å². The van der Waals surface area contributed by atoms with Gasteiger partial charge in [0, 0.05) is 31.8 Å². The summed E-state index contributed by atoms with van der Waals surface area (Å²) in [5.74, 6) is -1.58. The van der Waals surface area contributed by atoms with Crippen LogP contribution in [0.4, 0.5) is 24.4 Å². The van der Waals surface area contributed by atoms with Crippen LogP contribution in [0.15, 0.2) is 24.3 Å². The fourth-order valence-electron chi connectivity index (χ4n) is 7.68. The van der Waals surface area contributed by atoms with E-state index in [0.29, 0.717) is 47.7 Å². The molecule has 2 unspecified atom stereocenters. The third-order valence-electron chi connectivity index (χ3n) is 9.85. The predicted octanol–water partition coefficient (Wildman–Crippen LogP) is 5.13. The molecule has 2 saturated heterocycles. The molecule has 16 heteroatoms. The Balaban J connectivity index is 1.07. The van der Waals surface area contributed by atoms with E-state index < -0.39 is 29.2 Å². The number of hydrogen-bond donors (Lipinski definition) is 2. The standard InChI is InChI=1S/C33H35F2N5O8S/c1-30(2,3)48-29(43)39-11-16-8-17(12-39)40(16)28-37-19-6-7-21(44-4)24(25(19)49-28)27(42)36-20-10-23-22(46-33(34,35)47-23)9-18(20)26(41)38-31-13-32(14-31,15-31)45-5/h6-7,9-10,16-17H,8,11-15H2,1-5H3,(H,36,42)(H,38,41). The summed E-state index contributed by atoms with van der Waals surface area (Å²) in [5.41, 5.74) is -0.679. The highest BCUT2D eigenvalue weighted by molar-refractivity contribution is 7.22. The molecule has 3 aromatic rings. The number of likely N-dealkylation sites (tertiary alicyclic amines) is 1. The number of rotatable bonds is 7. The molecule has 13 nitrogen and oxygen atoms in total. The van der Waals surface area contributed by atoms with Crippen molar-refractivity contribution in [3.05, 3.63) is 35.4 Å². The van der Waals surface area contributed by atoms with E-state index in [9.17, 15) is 23.2 Å². The van der Waals surface area contributed by atoms with Gasteiger partial charge in [-0.1, -0.05) is 11.3 Å². The minimum Gasteiger partial charge on any atom is -0.496 e. The maximum atomic E-state index is 14.1. The van der Waals surface area contributed by atoms with Gasteiger partial charge in [-0.15, -0.1) is 8.78 Å². The largest absolute Gasteiger partial charge is 0.586 e. The number of nitrogens with zero attached hydrogens (tertiary/aromatic N) is 3. The van der Waals surface area contributed by atoms with Gasteiger partial charge in [0.1, 0.15) is 16.9 Å². The summed E-state index contributed by atoms with van der Waals surface area (Å²) in [4.78, 5) is 49.1. The van der Waals surface area contributed by atoms with Crippen molar-refractivity contribution in [1.29, 1.82) is 0 Å². The number of piperidine rings is 1. The zero-order valence-corrected chi connectivity index (χ0v) is 28.3. The fourth-order valence-corrected chi connectivity index (χ4v) is 8.92. The molecule has 4 bridgehead atoms. The molecule has 5 fully saturated rings. The molecule has 2 atom stereocenters. The van der Waals surface area contributed by atoms with Crippen LogP contribution in [0.25, 0.3) is 10.2 Å². The Morgan fingerprint density at radius 1 is 1.02 bits per heavy atom. The maximum absolute atomic E-state index is 14.1. The molecule has 1 aromatic heterocycles. The van der Waals surface area contributed by atoms with Crippen LogP contribution in [-0.4, -0.2) is 90.2 Å². The number of thiazole rings is 1. The van der Waals surface area contributed by atoms with Gasteiger partial charge < -0.3 is 44.1 Å². The van der Waals surface area contributed by atoms with Crippen LogP contribution >= 0.6 is 11.3 Å². The molecule has 0 spiro atoms. The molecular weight excluding hydrogens is 664 g/mol. The fraction of sp³-hybridized carbons (Fsp3) is 0.515. The van der Waals surface area contributed by atoms with Crippen molar-refractivity contribution in [2.45, 2.75) is 81.6 Å². The molecule has 3 saturated carbocycles. The quantitative estimate of drug-likeness (QED) is 0.341. The zero-order valence-electron chi connectivity index (χ0n) is 27.5. The van der Waals surface area contributed by atoms with Gasteiger partial charge in [-0.3, -0.25) is 9.59 Å². The number of aromatic nitrogens is 1. The Hall–Kier alpha value is -4.44. The van der Waals surface area contributed by atoms with Crippen molar-refractivity contribution in [1.82, 2.24) is 15.2 Å². The highest BCUT2D eigenvalue weighted by atomic mass is 32.1. The molecular formula is C33H35F2N5O8S. The molecule has 3 aliphatic heterocycles. The molecule has 2 N–H and O–H groups in total. The summed E-state index contributed by atoms with van der Waals surface area (Å²) in [6, 6.07) is 5.77. The molecule has 4 heterocycles. The normalized spacial score (nSPS) is 27.1. The number of methoxy groups -OCH3 is 2. The van der Waals surface area contributed by atoms with Gasteiger partial charge in [-0.2, -0.15) is 0 Å². The average molecular weight is 700 g/mol. The van der Waals surface area contributed by atoms with Gasteiger partial charge in [0.25, 0.3) is 11.8 Å². The Morgan fingerprint density at radius 2 is 1.69 bits per heavy atom. The Labute approximate surface area is 283 Å². The van der Waals surface area contributed by atoms with Gasteiger partial charge >= 0.3 is 12.4 Å². The van der Waals surface area contributed by atoms with E-state index in [1.807, 2.05) is 20.8 Å². The maximum Gasteiger partial charge on any atom is 0.586 e. The SMILES string of the molecule is COc1ccc2nc(N3C4CC3CN(C(=O)OC(C)(C)C)C4)sc2c1C(=O)Nc1cc2c(cc1C(=O)NC13CC(OC)(C1)C3)OC(F)(F)O2. The number of benzene rings is 2. The second kappa shape index (κ2) is 10.5. The number of carbonyl (C=O) groups is 3. The van der Waals surface area contributed by atoms with Crippen molar-refractivity contribution < 1.29 is 46.8 Å². The molecule has 0 radical (unpaired) electrons. The van der Waals surface area contributed by atoms with Crippen LogP contribution in [0, 0.1) is 0 Å². The molecule has 3 aliphatic carbocycles.